The smallest absolute Gasteiger partial charge is 0.146 e. The lowest BCUT2D eigenvalue weighted by molar-refractivity contribution is -0.107. The SMILES string of the molecule is O=CCCC(C=O)=Cc1ccccc1. The lowest BCUT2D eigenvalue weighted by atomic mass is 10.1. The zero-order valence-electron chi connectivity index (χ0n) is 7.85. The van der Waals surface area contributed by atoms with Gasteiger partial charge in [0.25, 0.3) is 0 Å². The number of hydrogen-bond donors (Lipinski definition) is 0. The molecule has 1 rings (SSSR count). The molecular formula is C12H12O2. The minimum Gasteiger partial charge on any atom is -0.303 e. The third kappa shape index (κ3) is 3.35. The Morgan fingerprint density at radius 1 is 1.14 bits per heavy atom. The van der Waals surface area contributed by atoms with Crippen molar-refractivity contribution in [3.05, 3.63) is 41.5 Å². The Bertz CT molecular complexity index is 325. The predicted octanol–water partition coefficient (Wildman–Crippen LogP) is 2.25. The third-order valence-electron chi connectivity index (χ3n) is 1.85. The van der Waals surface area contributed by atoms with Crippen LogP contribution in [0.15, 0.2) is 35.9 Å². The number of hydrogen-bond acceptors (Lipinski definition) is 2. The number of benzene rings is 1. The summed E-state index contributed by atoms with van der Waals surface area (Å²) in [7, 11) is 0. The molecule has 0 N–H and O–H groups in total. The standard InChI is InChI=1S/C12H12O2/c13-8-4-7-12(10-14)9-11-5-2-1-3-6-11/h1-3,5-6,8-10H,4,7H2. The minimum atomic E-state index is 0.400. The van der Waals surface area contributed by atoms with Crippen molar-refractivity contribution in [2.45, 2.75) is 12.8 Å². The van der Waals surface area contributed by atoms with E-state index in [1.165, 1.54) is 0 Å². The first-order valence-electron chi connectivity index (χ1n) is 4.51. The molecule has 0 fully saturated rings. The Morgan fingerprint density at radius 2 is 1.86 bits per heavy atom. The van der Waals surface area contributed by atoms with Crippen LogP contribution in [0.25, 0.3) is 6.08 Å². The van der Waals surface area contributed by atoms with E-state index in [9.17, 15) is 9.59 Å². The summed E-state index contributed by atoms with van der Waals surface area (Å²) >= 11 is 0. The number of rotatable bonds is 5. The van der Waals surface area contributed by atoms with Gasteiger partial charge in [0.1, 0.15) is 12.6 Å². The van der Waals surface area contributed by atoms with Crippen LogP contribution in [0.2, 0.25) is 0 Å². The van der Waals surface area contributed by atoms with Crippen LogP contribution in [-0.2, 0) is 9.59 Å². The van der Waals surface area contributed by atoms with Gasteiger partial charge in [0.05, 0.1) is 0 Å². The van der Waals surface area contributed by atoms with E-state index in [2.05, 4.69) is 0 Å². The molecule has 0 aromatic heterocycles. The van der Waals surface area contributed by atoms with E-state index in [0.717, 1.165) is 18.1 Å². The predicted molar refractivity (Wildman–Crippen MR) is 55.8 cm³/mol. The van der Waals surface area contributed by atoms with Gasteiger partial charge in [0.15, 0.2) is 0 Å². The van der Waals surface area contributed by atoms with Gasteiger partial charge < -0.3 is 4.79 Å². The molecule has 72 valence electrons. The van der Waals surface area contributed by atoms with Crippen LogP contribution in [0.1, 0.15) is 18.4 Å². The molecule has 0 unspecified atom stereocenters. The first-order valence-corrected chi connectivity index (χ1v) is 4.51. The van der Waals surface area contributed by atoms with Gasteiger partial charge in [-0.2, -0.15) is 0 Å². The highest BCUT2D eigenvalue weighted by atomic mass is 16.1. The van der Waals surface area contributed by atoms with Crippen molar-refractivity contribution in [2.75, 3.05) is 0 Å². The normalized spacial score (nSPS) is 11.0. The first-order chi connectivity index (χ1) is 6.86. The van der Waals surface area contributed by atoms with Gasteiger partial charge >= 0.3 is 0 Å². The van der Waals surface area contributed by atoms with Crippen molar-refractivity contribution in [1.29, 1.82) is 0 Å². The molecule has 2 nitrogen and oxygen atoms in total. The zero-order chi connectivity index (χ0) is 10.2. The second kappa shape index (κ2) is 5.86. The summed E-state index contributed by atoms with van der Waals surface area (Å²) in [6.07, 6.45) is 4.34. The second-order valence-corrected chi connectivity index (χ2v) is 2.95. The maximum Gasteiger partial charge on any atom is 0.146 e. The van der Waals surface area contributed by atoms with E-state index in [4.69, 9.17) is 0 Å². The Labute approximate surface area is 83.3 Å². The van der Waals surface area contributed by atoms with Gasteiger partial charge in [0.2, 0.25) is 0 Å². The summed E-state index contributed by atoms with van der Waals surface area (Å²) in [5, 5.41) is 0. The van der Waals surface area contributed by atoms with Gasteiger partial charge in [-0.25, -0.2) is 0 Å². The molecule has 1 aromatic rings. The highest BCUT2D eigenvalue weighted by Crippen LogP contribution is 2.08. The minimum absolute atomic E-state index is 0.400. The van der Waals surface area contributed by atoms with Crippen molar-refractivity contribution in [2.24, 2.45) is 0 Å². The molecule has 2 heteroatoms. The summed E-state index contributed by atoms with van der Waals surface area (Å²) in [5.41, 5.74) is 1.64. The molecule has 0 amide bonds. The highest BCUT2D eigenvalue weighted by Gasteiger charge is 1.95. The van der Waals surface area contributed by atoms with E-state index in [-0.39, 0.29) is 0 Å². The number of carbonyl (C=O) groups is 2. The lowest BCUT2D eigenvalue weighted by Crippen LogP contribution is -1.86. The monoisotopic (exact) mass is 188 g/mol. The molecule has 0 aliphatic rings. The molecule has 14 heavy (non-hydrogen) atoms. The summed E-state index contributed by atoms with van der Waals surface area (Å²) in [6, 6.07) is 9.58. The average Bonchev–Trinajstić information content (AvgIpc) is 2.25. The first kappa shape index (κ1) is 10.4. The van der Waals surface area contributed by atoms with Crippen LogP contribution in [-0.4, -0.2) is 12.6 Å². The van der Waals surface area contributed by atoms with Crippen molar-refractivity contribution in [3.8, 4) is 0 Å². The van der Waals surface area contributed by atoms with Crippen molar-refractivity contribution < 1.29 is 9.59 Å². The van der Waals surface area contributed by atoms with Crippen LogP contribution in [0.4, 0.5) is 0 Å². The molecular weight excluding hydrogens is 176 g/mol. The van der Waals surface area contributed by atoms with E-state index in [1.54, 1.807) is 6.08 Å². The van der Waals surface area contributed by atoms with E-state index in [0.29, 0.717) is 18.4 Å². The maximum atomic E-state index is 10.6. The Hall–Kier alpha value is -1.70. The average molecular weight is 188 g/mol. The van der Waals surface area contributed by atoms with E-state index < -0.39 is 0 Å². The fourth-order valence-corrected chi connectivity index (χ4v) is 1.15. The van der Waals surface area contributed by atoms with Crippen LogP contribution in [0.5, 0.6) is 0 Å². The molecule has 0 bridgehead atoms. The van der Waals surface area contributed by atoms with E-state index >= 15 is 0 Å². The fraction of sp³-hybridized carbons (Fsp3) is 0.167. The van der Waals surface area contributed by atoms with Gasteiger partial charge in [0, 0.05) is 6.42 Å². The van der Waals surface area contributed by atoms with Gasteiger partial charge in [-0.3, -0.25) is 4.79 Å². The topological polar surface area (TPSA) is 34.1 Å². The lowest BCUT2D eigenvalue weighted by Gasteiger charge is -1.96. The molecule has 0 saturated heterocycles. The van der Waals surface area contributed by atoms with Crippen LogP contribution >= 0.6 is 0 Å². The number of allylic oxidation sites excluding steroid dienone is 1. The molecule has 1 aromatic carbocycles. The summed E-state index contributed by atoms with van der Waals surface area (Å²) in [4.78, 5) is 20.8. The molecule has 0 atom stereocenters. The fourth-order valence-electron chi connectivity index (χ4n) is 1.15. The maximum absolute atomic E-state index is 10.6. The number of aldehydes is 2. The molecule has 0 heterocycles. The van der Waals surface area contributed by atoms with Gasteiger partial charge in [-0.05, 0) is 23.6 Å². The van der Waals surface area contributed by atoms with Crippen LogP contribution in [0, 0.1) is 0 Å². The van der Waals surface area contributed by atoms with Crippen molar-refractivity contribution in [1.82, 2.24) is 0 Å². The third-order valence-corrected chi connectivity index (χ3v) is 1.85. The summed E-state index contributed by atoms with van der Waals surface area (Å²) in [5.74, 6) is 0. The Morgan fingerprint density at radius 3 is 2.43 bits per heavy atom. The van der Waals surface area contributed by atoms with E-state index in [1.807, 2.05) is 30.3 Å². The summed E-state index contributed by atoms with van der Waals surface area (Å²) < 4.78 is 0. The second-order valence-electron chi connectivity index (χ2n) is 2.95. The van der Waals surface area contributed by atoms with Gasteiger partial charge in [-0.15, -0.1) is 0 Å². The van der Waals surface area contributed by atoms with Crippen molar-refractivity contribution >= 4 is 18.6 Å². The quantitative estimate of drug-likeness (QED) is 0.524. The molecule has 0 saturated carbocycles. The van der Waals surface area contributed by atoms with Crippen LogP contribution < -0.4 is 0 Å². The molecule has 0 spiro atoms. The molecule has 0 aliphatic heterocycles. The Balaban J connectivity index is 2.73. The summed E-state index contributed by atoms with van der Waals surface area (Å²) in [6.45, 7) is 0. The van der Waals surface area contributed by atoms with Gasteiger partial charge in [-0.1, -0.05) is 30.3 Å². The zero-order valence-corrected chi connectivity index (χ0v) is 7.85. The molecule has 0 aliphatic carbocycles. The number of carbonyl (C=O) groups excluding carboxylic acids is 2. The Kier molecular flexibility index (Phi) is 4.35. The van der Waals surface area contributed by atoms with Crippen molar-refractivity contribution in [3.63, 3.8) is 0 Å². The van der Waals surface area contributed by atoms with Crippen LogP contribution in [0.3, 0.4) is 0 Å². The largest absolute Gasteiger partial charge is 0.303 e. The highest BCUT2D eigenvalue weighted by molar-refractivity contribution is 5.82. The molecule has 0 radical (unpaired) electrons.